The van der Waals surface area contributed by atoms with Gasteiger partial charge in [0.25, 0.3) is 5.56 Å². The van der Waals surface area contributed by atoms with Gasteiger partial charge in [-0.3, -0.25) is 4.79 Å². The summed E-state index contributed by atoms with van der Waals surface area (Å²) < 4.78 is 0. The maximum absolute atomic E-state index is 12.1. The molecule has 0 saturated carbocycles. The zero-order chi connectivity index (χ0) is 14.1. The minimum atomic E-state index is -0.126. The summed E-state index contributed by atoms with van der Waals surface area (Å²) in [7, 11) is 0. The number of benzene rings is 2. The van der Waals surface area contributed by atoms with Crippen LogP contribution in [-0.4, -0.2) is 9.97 Å². The van der Waals surface area contributed by atoms with E-state index in [1.807, 2.05) is 43.3 Å². The van der Waals surface area contributed by atoms with Gasteiger partial charge in [-0.1, -0.05) is 30.7 Å². The highest BCUT2D eigenvalue weighted by Gasteiger charge is 2.07. The van der Waals surface area contributed by atoms with Crippen molar-refractivity contribution >= 4 is 22.5 Å². The van der Waals surface area contributed by atoms with Gasteiger partial charge in [0.2, 0.25) is 0 Å². The molecule has 1 heterocycles. The van der Waals surface area contributed by atoms with Crippen LogP contribution in [0.2, 0.25) is 5.02 Å². The largest absolute Gasteiger partial charge is 0.306 e. The first kappa shape index (κ1) is 12.9. The van der Waals surface area contributed by atoms with Gasteiger partial charge in [0.1, 0.15) is 5.82 Å². The molecule has 0 saturated heterocycles. The standard InChI is InChI=1S/C16H13ClN2O/c1-2-10-9-11(7-8-13(10)17)15-18-14-6-4-3-5-12(14)16(20)19-15/h3-9H,2H2,1H3,(H,18,19,20). The van der Waals surface area contributed by atoms with Gasteiger partial charge in [0.15, 0.2) is 0 Å². The lowest BCUT2D eigenvalue weighted by molar-refractivity contribution is 1.13. The maximum Gasteiger partial charge on any atom is 0.259 e. The molecule has 3 rings (SSSR count). The molecule has 0 fully saturated rings. The number of aromatic nitrogens is 2. The topological polar surface area (TPSA) is 45.8 Å². The fourth-order valence-corrected chi connectivity index (χ4v) is 2.47. The first-order chi connectivity index (χ1) is 9.69. The molecule has 3 aromatic rings. The zero-order valence-corrected chi connectivity index (χ0v) is 11.7. The molecule has 0 spiro atoms. The van der Waals surface area contributed by atoms with Gasteiger partial charge in [0, 0.05) is 10.6 Å². The van der Waals surface area contributed by atoms with Crippen LogP contribution in [0.3, 0.4) is 0 Å². The summed E-state index contributed by atoms with van der Waals surface area (Å²) in [6, 6.07) is 13.0. The molecular formula is C16H13ClN2O. The lowest BCUT2D eigenvalue weighted by Crippen LogP contribution is -2.09. The van der Waals surface area contributed by atoms with E-state index < -0.39 is 0 Å². The summed E-state index contributed by atoms with van der Waals surface area (Å²) in [4.78, 5) is 19.4. The molecule has 0 aliphatic rings. The van der Waals surface area contributed by atoms with Crippen LogP contribution in [0.25, 0.3) is 22.3 Å². The molecule has 100 valence electrons. The van der Waals surface area contributed by atoms with Crippen LogP contribution in [0.1, 0.15) is 12.5 Å². The van der Waals surface area contributed by atoms with Crippen LogP contribution in [0.4, 0.5) is 0 Å². The van der Waals surface area contributed by atoms with Crippen molar-refractivity contribution in [3.63, 3.8) is 0 Å². The van der Waals surface area contributed by atoms with E-state index in [4.69, 9.17) is 11.6 Å². The highest BCUT2D eigenvalue weighted by molar-refractivity contribution is 6.31. The minimum Gasteiger partial charge on any atom is -0.306 e. The summed E-state index contributed by atoms with van der Waals surface area (Å²) in [6.07, 6.45) is 0.838. The Morgan fingerprint density at radius 3 is 2.80 bits per heavy atom. The van der Waals surface area contributed by atoms with E-state index >= 15 is 0 Å². The number of aromatic amines is 1. The van der Waals surface area contributed by atoms with Gasteiger partial charge in [-0.25, -0.2) is 4.98 Å². The van der Waals surface area contributed by atoms with Crippen LogP contribution in [0, 0.1) is 0 Å². The molecule has 20 heavy (non-hydrogen) atoms. The zero-order valence-electron chi connectivity index (χ0n) is 11.0. The van der Waals surface area contributed by atoms with Gasteiger partial charge >= 0.3 is 0 Å². The summed E-state index contributed by atoms with van der Waals surface area (Å²) in [5, 5.41) is 1.33. The number of nitrogens with one attached hydrogen (secondary N) is 1. The molecule has 0 aliphatic heterocycles. The fourth-order valence-electron chi connectivity index (χ4n) is 2.22. The van der Waals surface area contributed by atoms with Gasteiger partial charge in [-0.05, 0) is 42.3 Å². The van der Waals surface area contributed by atoms with Crippen molar-refractivity contribution < 1.29 is 0 Å². The highest BCUT2D eigenvalue weighted by Crippen LogP contribution is 2.23. The number of hydrogen-bond acceptors (Lipinski definition) is 2. The summed E-state index contributed by atoms with van der Waals surface area (Å²) in [5.74, 6) is 0.570. The number of halogens is 1. The van der Waals surface area contributed by atoms with Crippen LogP contribution < -0.4 is 5.56 Å². The lowest BCUT2D eigenvalue weighted by atomic mass is 10.1. The number of nitrogens with zero attached hydrogens (tertiary/aromatic N) is 1. The number of aryl methyl sites for hydroxylation is 1. The number of rotatable bonds is 2. The Morgan fingerprint density at radius 1 is 1.20 bits per heavy atom. The number of fused-ring (bicyclic) bond motifs is 1. The van der Waals surface area contributed by atoms with E-state index in [2.05, 4.69) is 9.97 Å². The molecule has 0 atom stereocenters. The Labute approximate surface area is 121 Å². The van der Waals surface area contributed by atoms with Crippen LogP contribution in [0.5, 0.6) is 0 Å². The SMILES string of the molecule is CCc1cc(-c2nc3ccccc3c(=O)[nH]2)ccc1Cl. The number of para-hydroxylation sites is 1. The van der Waals surface area contributed by atoms with Crippen LogP contribution in [0.15, 0.2) is 47.3 Å². The van der Waals surface area contributed by atoms with Gasteiger partial charge < -0.3 is 4.98 Å². The Kier molecular flexibility index (Phi) is 3.28. The van der Waals surface area contributed by atoms with Crippen molar-refractivity contribution in [3.05, 3.63) is 63.4 Å². The molecule has 0 unspecified atom stereocenters. The number of hydrogen-bond donors (Lipinski definition) is 1. The van der Waals surface area contributed by atoms with Crippen LogP contribution in [-0.2, 0) is 6.42 Å². The molecule has 1 aromatic heterocycles. The average Bonchev–Trinajstić information content (AvgIpc) is 2.47. The van der Waals surface area contributed by atoms with Crippen molar-refractivity contribution in [2.75, 3.05) is 0 Å². The molecule has 0 radical (unpaired) electrons. The second-order valence-electron chi connectivity index (χ2n) is 4.59. The van der Waals surface area contributed by atoms with E-state index in [9.17, 15) is 4.79 Å². The molecule has 0 bridgehead atoms. The highest BCUT2D eigenvalue weighted by atomic mass is 35.5. The maximum atomic E-state index is 12.1. The third kappa shape index (κ3) is 2.21. The Morgan fingerprint density at radius 2 is 2.00 bits per heavy atom. The quantitative estimate of drug-likeness (QED) is 0.778. The smallest absolute Gasteiger partial charge is 0.259 e. The molecule has 1 N–H and O–H groups in total. The van der Waals surface area contributed by atoms with Crippen molar-refractivity contribution in [3.8, 4) is 11.4 Å². The van der Waals surface area contributed by atoms with Crippen molar-refractivity contribution in [2.24, 2.45) is 0 Å². The lowest BCUT2D eigenvalue weighted by Gasteiger charge is -2.06. The van der Waals surface area contributed by atoms with Crippen molar-refractivity contribution in [1.82, 2.24) is 9.97 Å². The summed E-state index contributed by atoms with van der Waals surface area (Å²) in [5.41, 5.74) is 2.48. The van der Waals surface area contributed by atoms with Gasteiger partial charge in [-0.2, -0.15) is 0 Å². The Bertz CT molecular complexity index is 839. The third-order valence-electron chi connectivity index (χ3n) is 3.31. The van der Waals surface area contributed by atoms with Crippen LogP contribution >= 0.6 is 11.6 Å². The van der Waals surface area contributed by atoms with Gasteiger partial charge in [0.05, 0.1) is 10.9 Å². The molecule has 2 aromatic carbocycles. The summed E-state index contributed by atoms with van der Waals surface area (Å²) in [6.45, 7) is 2.04. The third-order valence-corrected chi connectivity index (χ3v) is 3.68. The molecule has 3 nitrogen and oxygen atoms in total. The minimum absolute atomic E-state index is 0.126. The van der Waals surface area contributed by atoms with E-state index in [0.29, 0.717) is 16.7 Å². The second kappa shape index (κ2) is 5.10. The van der Waals surface area contributed by atoms with E-state index in [-0.39, 0.29) is 5.56 Å². The van der Waals surface area contributed by atoms with E-state index in [0.717, 1.165) is 22.6 Å². The second-order valence-corrected chi connectivity index (χ2v) is 5.00. The molecule has 4 heteroatoms. The molecule has 0 amide bonds. The predicted octanol–water partition coefficient (Wildman–Crippen LogP) is 3.81. The Hall–Kier alpha value is -2.13. The van der Waals surface area contributed by atoms with Crippen molar-refractivity contribution in [1.29, 1.82) is 0 Å². The predicted molar refractivity (Wildman–Crippen MR) is 82.2 cm³/mol. The normalized spacial score (nSPS) is 10.9. The van der Waals surface area contributed by atoms with Gasteiger partial charge in [-0.15, -0.1) is 0 Å². The average molecular weight is 285 g/mol. The monoisotopic (exact) mass is 284 g/mol. The van der Waals surface area contributed by atoms with Crippen molar-refractivity contribution in [2.45, 2.75) is 13.3 Å². The molecule has 0 aliphatic carbocycles. The van der Waals surface area contributed by atoms with E-state index in [1.54, 1.807) is 6.07 Å². The molecular weight excluding hydrogens is 272 g/mol. The Balaban J connectivity index is 2.22. The fraction of sp³-hybridized carbons (Fsp3) is 0.125. The summed E-state index contributed by atoms with van der Waals surface area (Å²) >= 11 is 6.12. The first-order valence-electron chi connectivity index (χ1n) is 6.47. The van der Waals surface area contributed by atoms with E-state index in [1.165, 1.54) is 0 Å². The number of H-pyrrole nitrogens is 1. The first-order valence-corrected chi connectivity index (χ1v) is 6.84.